The number of ketones is 1. The third-order valence-corrected chi connectivity index (χ3v) is 3.86. The van der Waals surface area contributed by atoms with Gasteiger partial charge in [0.1, 0.15) is 11.6 Å². The molecule has 0 aliphatic rings. The zero-order chi connectivity index (χ0) is 20.5. The zero-order valence-electron chi connectivity index (χ0n) is 15.7. The Morgan fingerprint density at radius 3 is 2.39 bits per heavy atom. The van der Waals surface area contributed by atoms with Crippen molar-refractivity contribution in [2.75, 3.05) is 11.9 Å². The number of carbonyl (C=O) groups is 3. The summed E-state index contributed by atoms with van der Waals surface area (Å²) in [6.07, 6.45) is -0.579. The van der Waals surface area contributed by atoms with Crippen molar-refractivity contribution in [3.8, 4) is 5.75 Å². The minimum absolute atomic E-state index is 0.0255. The van der Waals surface area contributed by atoms with Crippen LogP contribution in [0.1, 0.15) is 37.0 Å². The van der Waals surface area contributed by atoms with E-state index in [4.69, 9.17) is 9.47 Å². The Hall–Kier alpha value is -3.22. The molecule has 2 rings (SSSR count). The lowest BCUT2D eigenvalue weighted by molar-refractivity contribution is -0.153. The van der Waals surface area contributed by atoms with Crippen LogP contribution < -0.4 is 10.1 Å². The Balaban J connectivity index is 1.69. The van der Waals surface area contributed by atoms with Crippen LogP contribution in [-0.4, -0.2) is 30.4 Å². The van der Waals surface area contributed by atoms with Crippen LogP contribution in [0.5, 0.6) is 5.75 Å². The molecule has 0 saturated carbocycles. The van der Waals surface area contributed by atoms with E-state index in [-0.39, 0.29) is 24.5 Å². The number of hydrogen-bond donors (Lipinski definition) is 1. The van der Waals surface area contributed by atoms with Crippen molar-refractivity contribution >= 4 is 23.3 Å². The molecule has 0 heterocycles. The second-order valence-corrected chi connectivity index (χ2v) is 6.13. The highest BCUT2D eigenvalue weighted by atomic mass is 19.1. The van der Waals surface area contributed by atoms with Gasteiger partial charge < -0.3 is 14.8 Å². The standard InChI is InChI=1S/C21H22FNO5/c1-14(24)16-9-11-17(12-10-16)27-13-5-8-20(25)28-15(2)21(26)23-19-7-4-3-6-18(19)22/h3-4,6-7,9-12,15H,5,8,13H2,1-2H3,(H,23,26)/t15-/m1/s1. The molecular formula is C21H22FNO5. The first-order valence-corrected chi connectivity index (χ1v) is 8.85. The SMILES string of the molecule is CC(=O)c1ccc(OCCCC(=O)O[C@H](C)C(=O)Nc2ccccc2F)cc1. The van der Waals surface area contributed by atoms with Gasteiger partial charge in [0.05, 0.1) is 12.3 Å². The molecule has 0 radical (unpaired) electrons. The van der Waals surface area contributed by atoms with Crippen LogP contribution in [0, 0.1) is 5.82 Å². The van der Waals surface area contributed by atoms with E-state index in [1.807, 2.05) is 0 Å². The Morgan fingerprint density at radius 1 is 1.07 bits per heavy atom. The smallest absolute Gasteiger partial charge is 0.306 e. The van der Waals surface area contributed by atoms with Crippen LogP contribution in [-0.2, 0) is 14.3 Å². The number of anilines is 1. The van der Waals surface area contributed by atoms with E-state index in [1.54, 1.807) is 30.3 Å². The predicted molar refractivity (Wildman–Crippen MR) is 102 cm³/mol. The molecule has 0 saturated heterocycles. The second kappa shape index (κ2) is 10.2. The summed E-state index contributed by atoms with van der Waals surface area (Å²) < 4.78 is 24.1. The number of amides is 1. The Kier molecular flexibility index (Phi) is 7.68. The summed E-state index contributed by atoms with van der Waals surface area (Å²) in [5.74, 6) is -1.16. The molecule has 148 valence electrons. The molecule has 0 unspecified atom stereocenters. The number of esters is 1. The normalized spacial score (nSPS) is 11.4. The summed E-state index contributed by atoms with van der Waals surface area (Å²) in [5.41, 5.74) is 0.623. The molecule has 0 fully saturated rings. The molecule has 1 N–H and O–H groups in total. The maximum Gasteiger partial charge on any atom is 0.306 e. The minimum atomic E-state index is -1.05. The van der Waals surface area contributed by atoms with Gasteiger partial charge in [0.2, 0.25) is 0 Å². The van der Waals surface area contributed by atoms with Gasteiger partial charge in [-0.05, 0) is 56.7 Å². The van der Waals surface area contributed by atoms with Gasteiger partial charge in [-0.15, -0.1) is 0 Å². The summed E-state index contributed by atoms with van der Waals surface area (Å²) in [4.78, 5) is 35.0. The van der Waals surface area contributed by atoms with E-state index in [1.165, 1.54) is 32.0 Å². The number of ether oxygens (including phenoxy) is 2. The lowest BCUT2D eigenvalue weighted by Gasteiger charge is -2.14. The van der Waals surface area contributed by atoms with Gasteiger partial charge in [-0.25, -0.2) is 4.39 Å². The van der Waals surface area contributed by atoms with Gasteiger partial charge in [-0.3, -0.25) is 14.4 Å². The molecule has 1 amide bonds. The maximum atomic E-state index is 13.5. The fourth-order valence-electron chi connectivity index (χ4n) is 2.30. The number of hydrogen-bond acceptors (Lipinski definition) is 5. The minimum Gasteiger partial charge on any atom is -0.494 e. The number of benzene rings is 2. The maximum absolute atomic E-state index is 13.5. The van der Waals surface area contributed by atoms with E-state index in [2.05, 4.69) is 5.32 Å². The largest absolute Gasteiger partial charge is 0.494 e. The zero-order valence-corrected chi connectivity index (χ0v) is 15.7. The van der Waals surface area contributed by atoms with E-state index in [0.717, 1.165) is 0 Å². The first-order chi connectivity index (χ1) is 13.4. The predicted octanol–water partition coefficient (Wildman–Crippen LogP) is 3.76. The van der Waals surface area contributed by atoms with E-state index in [9.17, 15) is 18.8 Å². The molecule has 28 heavy (non-hydrogen) atoms. The third kappa shape index (κ3) is 6.50. The van der Waals surface area contributed by atoms with Crippen LogP contribution in [0.2, 0.25) is 0 Å². The molecule has 0 aromatic heterocycles. The fraction of sp³-hybridized carbons (Fsp3) is 0.286. The van der Waals surface area contributed by atoms with Crippen molar-refractivity contribution in [1.29, 1.82) is 0 Å². The van der Waals surface area contributed by atoms with Crippen LogP contribution in [0.15, 0.2) is 48.5 Å². The summed E-state index contributed by atoms with van der Waals surface area (Å²) in [6.45, 7) is 3.19. The summed E-state index contributed by atoms with van der Waals surface area (Å²) in [6, 6.07) is 12.4. The summed E-state index contributed by atoms with van der Waals surface area (Å²) in [5, 5.41) is 2.38. The molecule has 0 spiro atoms. The van der Waals surface area contributed by atoms with Gasteiger partial charge in [0.25, 0.3) is 5.91 Å². The number of nitrogens with one attached hydrogen (secondary N) is 1. The lowest BCUT2D eigenvalue weighted by atomic mass is 10.1. The van der Waals surface area contributed by atoms with E-state index < -0.39 is 23.8 Å². The van der Waals surface area contributed by atoms with Gasteiger partial charge in [0, 0.05) is 12.0 Å². The van der Waals surface area contributed by atoms with Gasteiger partial charge in [0.15, 0.2) is 11.9 Å². The average Bonchev–Trinajstić information content (AvgIpc) is 2.67. The summed E-state index contributed by atoms with van der Waals surface area (Å²) >= 11 is 0. The number of carbonyl (C=O) groups excluding carboxylic acids is 3. The van der Waals surface area contributed by atoms with E-state index >= 15 is 0 Å². The van der Waals surface area contributed by atoms with Crippen LogP contribution in [0.3, 0.4) is 0 Å². The lowest BCUT2D eigenvalue weighted by Crippen LogP contribution is -2.30. The number of para-hydroxylation sites is 1. The third-order valence-electron chi connectivity index (χ3n) is 3.86. The summed E-state index contributed by atoms with van der Waals surface area (Å²) in [7, 11) is 0. The molecule has 1 atom stereocenters. The quantitative estimate of drug-likeness (QED) is 0.403. The molecule has 2 aromatic rings. The highest BCUT2D eigenvalue weighted by Gasteiger charge is 2.18. The first kappa shape index (κ1) is 21.1. The second-order valence-electron chi connectivity index (χ2n) is 6.13. The van der Waals surface area contributed by atoms with Crippen LogP contribution in [0.25, 0.3) is 0 Å². The Morgan fingerprint density at radius 2 is 1.75 bits per heavy atom. The molecular weight excluding hydrogens is 365 g/mol. The molecule has 2 aromatic carbocycles. The molecule has 0 aliphatic heterocycles. The van der Waals surface area contributed by atoms with Crippen LogP contribution >= 0.6 is 0 Å². The Bertz CT molecular complexity index is 835. The fourth-order valence-corrected chi connectivity index (χ4v) is 2.30. The molecule has 0 bridgehead atoms. The van der Waals surface area contributed by atoms with Gasteiger partial charge in [-0.2, -0.15) is 0 Å². The highest BCUT2D eigenvalue weighted by Crippen LogP contribution is 2.14. The first-order valence-electron chi connectivity index (χ1n) is 8.85. The van der Waals surface area contributed by atoms with Crippen LogP contribution in [0.4, 0.5) is 10.1 Å². The molecule has 0 aliphatic carbocycles. The Labute approximate surface area is 162 Å². The number of halogens is 1. The molecule has 6 nitrogen and oxygen atoms in total. The molecule has 7 heteroatoms. The number of rotatable bonds is 9. The average molecular weight is 387 g/mol. The van der Waals surface area contributed by atoms with Crippen molar-refractivity contribution in [3.63, 3.8) is 0 Å². The topological polar surface area (TPSA) is 81.7 Å². The van der Waals surface area contributed by atoms with Gasteiger partial charge >= 0.3 is 5.97 Å². The number of Topliss-reactive ketones (excluding diaryl/α,β-unsaturated/α-hetero) is 1. The monoisotopic (exact) mass is 387 g/mol. The van der Waals surface area contributed by atoms with Gasteiger partial charge in [-0.1, -0.05) is 12.1 Å². The highest BCUT2D eigenvalue weighted by molar-refractivity contribution is 5.95. The van der Waals surface area contributed by atoms with Crippen molar-refractivity contribution in [3.05, 3.63) is 59.9 Å². The van der Waals surface area contributed by atoms with Crippen molar-refractivity contribution in [1.82, 2.24) is 0 Å². The van der Waals surface area contributed by atoms with E-state index in [0.29, 0.717) is 17.7 Å². The van der Waals surface area contributed by atoms with Crippen molar-refractivity contribution in [2.24, 2.45) is 0 Å². The van der Waals surface area contributed by atoms with Crippen molar-refractivity contribution < 1.29 is 28.2 Å². The van der Waals surface area contributed by atoms with Crippen molar-refractivity contribution in [2.45, 2.75) is 32.8 Å².